The molecule has 3 aromatic rings. The van der Waals surface area contributed by atoms with Crippen molar-refractivity contribution in [3.05, 3.63) is 58.4 Å². The van der Waals surface area contributed by atoms with Gasteiger partial charge in [0.2, 0.25) is 17.6 Å². The lowest BCUT2D eigenvalue weighted by molar-refractivity contribution is -0.122. The van der Waals surface area contributed by atoms with Gasteiger partial charge in [-0.25, -0.2) is 4.39 Å². The zero-order valence-electron chi connectivity index (χ0n) is 14.3. The molecule has 0 saturated carbocycles. The monoisotopic (exact) mass is 374 g/mol. The highest BCUT2D eigenvalue weighted by molar-refractivity contribution is 7.08. The van der Waals surface area contributed by atoms with E-state index in [1.165, 1.54) is 12.1 Å². The molecule has 0 fully saturated rings. The molecule has 0 aliphatic carbocycles. The van der Waals surface area contributed by atoms with E-state index in [4.69, 9.17) is 4.52 Å². The average molecular weight is 374 g/mol. The minimum absolute atomic E-state index is 0.117. The molecule has 2 aromatic heterocycles. The number of carbonyl (C=O) groups is 1. The number of benzene rings is 1. The van der Waals surface area contributed by atoms with Crippen molar-refractivity contribution in [2.75, 3.05) is 13.1 Å². The number of aromatic nitrogens is 2. The maximum atomic E-state index is 12.9. The molecule has 1 N–H and O–H groups in total. The Morgan fingerprint density at radius 1 is 1.31 bits per heavy atom. The summed E-state index contributed by atoms with van der Waals surface area (Å²) in [5, 5.41) is 10.7. The van der Waals surface area contributed by atoms with Gasteiger partial charge < -0.3 is 9.84 Å². The molecule has 0 saturated heterocycles. The predicted octanol–water partition coefficient (Wildman–Crippen LogP) is 3.08. The quantitative estimate of drug-likeness (QED) is 0.656. The van der Waals surface area contributed by atoms with E-state index in [0.29, 0.717) is 31.3 Å². The summed E-state index contributed by atoms with van der Waals surface area (Å²) >= 11 is 1.57. The van der Waals surface area contributed by atoms with Gasteiger partial charge >= 0.3 is 0 Å². The molecular formula is C18H19FN4O2S. The minimum atomic E-state index is -0.293. The smallest absolute Gasteiger partial charge is 0.241 e. The fraction of sp³-hybridized carbons (Fsp3) is 0.278. The normalized spacial score (nSPS) is 11.0. The lowest BCUT2D eigenvalue weighted by atomic mass is 10.2. The van der Waals surface area contributed by atoms with Gasteiger partial charge in [-0.05, 0) is 35.7 Å². The molecule has 136 valence electrons. The third-order valence-electron chi connectivity index (χ3n) is 3.82. The van der Waals surface area contributed by atoms with Gasteiger partial charge in [0, 0.05) is 17.5 Å². The van der Waals surface area contributed by atoms with Crippen LogP contribution in [0.3, 0.4) is 0 Å². The largest absolute Gasteiger partial charge is 0.351 e. The first-order valence-corrected chi connectivity index (χ1v) is 9.17. The molecule has 8 heteroatoms. The molecule has 0 bridgehead atoms. The lowest BCUT2D eigenvalue weighted by Crippen LogP contribution is -2.36. The van der Waals surface area contributed by atoms with E-state index in [-0.39, 0.29) is 18.3 Å². The Morgan fingerprint density at radius 3 is 2.81 bits per heavy atom. The van der Waals surface area contributed by atoms with Crippen molar-refractivity contribution >= 4 is 17.2 Å². The Kier molecular flexibility index (Phi) is 6.08. The number of hydrogen-bond acceptors (Lipinski definition) is 6. The summed E-state index contributed by atoms with van der Waals surface area (Å²) < 4.78 is 18.2. The highest BCUT2D eigenvalue weighted by Gasteiger charge is 2.15. The third kappa shape index (κ3) is 4.96. The topological polar surface area (TPSA) is 71.3 Å². The van der Waals surface area contributed by atoms with Gasteiger partial charge in [-0.2, -0.15) is 16.3 Å². The molecule has 0 aliphatic heterocycles. The Labute approximate surface area is 154 Å². The van der Waals surface area contributed by atoms with Crippen LogP contribution in [0.1, 0.15) is 18.4 Å². The Hall–Kier alpha value is -2.58. The van der Waals surface area contributed by atoms with E-state index in [2.05, 4.69) is 15.5 Å². The van der Waals surface area contributed by atoms with Crippen molar-refractivity contribution < 1.29 is 13.7 Å². The summed E-state index contributed by atoms with van der Waals surface area (Å²) in [4.78, 5) is 18.4. The number of likely N-dealkylation sites (N-methyl/N-ethyl adjacent to an activating group) is 1. The summed E-state index contributed by atoms with van der Waals surface area (Å²) in [5.74, 6) is 0.616. The van der Waals surface area contributed by atoms with Crippen LogP contribution in [-0.2, 0) is 17.9 Å². The molecule has 0 aliphatic rings. The number of halogens is 1. The predicted molar refractivity (Wildman–Crippen MR) is 96.8 cm³/mol. The molecular weight excluding hydrogens is 355 g/mol. The van der Waals surface area contributed by atoms with Crippen molar-refractivity contribution in [2.45, 2.75) is 20.0 Å². The molecule has 0 radical (unpaired) electrons. The molecule has 3 rings (SSSR count). The van der Waals surface area contributed by atoms with Crippen LogP contribution in [-0.4, -0.2) is 34.0 Å². The molecule has 0 unspecified atom stereocenters. The van der Waals surface area contributed by atoms with Crippen molar-refractivity contribution in [3.8, 4) is 11.4 Å². The molecule has 1 aromatic carbocycles. The van der Waals surface area contributed by atoms with E-state index in [0.717, 1.165) is 11.1 Å². The summed E-state index contributed by atoms with van der Waals surface area (Å²) in [6, 6.07) is 7.98. The zero-order chi connectivity index (χ0) is 18.4. The van der Waals surface area contributed by atoms with Crippen molar-refractivity contribution in [3.63, 3.8) is 0 Å². The second-order valence-corrected chi connectivity index (χ2v) is 6.51. The summed E-state index contributed by atoms with van der Waals surface area (Å²) in [6.45, 7) is 3.61. The number of rotatable bonds is 8. The molecule has 26 heavy (non-hydrogen) atoms. The lowest BCUT2D eigenvalue weighted by Gasteiger charge is -2.17. The molecule has 2 heterocycles. The van der Waals surface area contributed by atoms with Crippen LogP contribution in [0, 0.1) is 5.82 Å². The first-order chi connectivity index (χ1) is 12.6. The SMILES string of the molecule is CCN(CC(=O)NCc1ccc(F)cc1)Cc1nc(-c2ccsc2)no1. The van der Waals surface area contributed by atoms with Crippen LogP contribution in [0.2, 0.25) is 0 Å². The second-order valence-electron chi connectivity index (χ2n) is 5.73. The Bertz CT molecular complexity index is 833. The number of thiophene rings is 1. The average Bonchev–Trinajstić information content (AvgIpc) is 3.32. The molecule has 1 amide bonds. The van der Waals surface area contributed by atoms with Crippen LogP contribution in [0.4, 0.5) is 4.39 Å². The van der Waals surface area contributed by atoms with E-state index in [1.807, 2.05) is 28.7 Å². The highest BCUT2D eigenvalue weighted by atomic mass is 32.1. The van der Waals surface area contributed by atoms with Crippen molar-refractivity contribution in [1.82, 2.24) is 20.4 Å². The fourth-order valence-electron chi connectivity index (χ4n) is 2.36. The van der Waals surface area contributed by atoms with Crippen LogP contribution in [0.25, 0.3) is 11.4 Å². The van der Waals surface area contributed by atoms with E-state index in [9.17, 15) is 9.18 Å². The first kappa shape index (κ1) is 18.2. The van der Waals surface area contributed by atoms with Crippen LogP contribution >= 0.6 is 11.3 Å². The van der Waals surface area contributed by atoms with E-state index < -0.39 is 0 Å². The third-order valence-corrected chi connectivity index (χ3v) is 4.51. The van der Waals surface area contributed by atoms with Gasteiger partial charge in [0.15, 0.2) is 0 Å². The van der Waals surface area contributed by atoms with Gasteiger partial charge in [0.1, 0.15) is 5.82 Å². The van der Waals surface area contributed by atoms with E-state index >= 15 is 0 Å². The van der Waals surface area contributed by atoms with Crippen molar-refractivity contribution in [2.24, 2.45) is 0 Å². The van der Waals surface area contributed by atoms with Crippen LogP contribution in [0.5, 0.6) is 0 Å². The highest BCUT2D eigenvalue weighted by Crippen LogP contribution is 2.19. The number of carbonyl (C=O) groups excluding carboxylic acids is 1. The zero-order valence-corrected chi connectivity index (χ0v) is 15.1. The number of nitrogens with one attached hydrogen (secondary N) is 1. The van der Waals surface area contributed by atoms with Crippen molar-refractivity contribution in [1.29, 1.82) is 0 Å². The van der Waals surface area contributed by atoms with Crippen LogP contribution in [0.15, 0.2) is 45.6 Å². The maximum absolute atomic E-state index is 12.9. The van der Waals surface area contributed by atoms with Crippen LogP contribution < -0.4 is 5.32 Å². The fourth-order valence-corrected chi connectivity index (χ4v) is 3.00. The van der Waals surface area contributed by atoms with Gasteiger partial charge in [0.25, 0.3) is 0 Å². The number of amides is 1. The summed E-state index contributed by atoms with van der Waals surface area (Å²) in [5.41, 5.74) is 1.77. The Balaban J connectivity index is 1.50. The van der Waals surface area contributed by atoms with Gasteiger partial charge in [-0.15, -0.1) is 0 Å². The second kappa shape index (κ2) is 8.68. The molecule has 6 nitrogen and oxygen atoms in total. The summed E-state index contributed by atoms with van der Waals surface area (Å²) in [6.07, 6.45) is 0. The number of hydrogen-bond donors (Lipinski definition) is 1. The maximum Gasteiger partial charge on any atom is 0.241 e. The number of nitrogens with zero attached hydrogens (tertiary/aromatic N) is 3. The van der Waals surface area contributed by atoms with Gasteiger partial charge in [0.05, 0.1) is 13.1 Å². The van der Waals surface area contributed by atoms with Gasteiger partial charge in [-0.1, -0.05) is 24.2 Å². The molecule has 0 atom stereocenters. The van der Waals surface area contributed by atoms with E-state index in [1.54, 1.807) is 23.5 Å². The standard InChI is InChI=1S/C18H19FN4O2S/c1-2-23(10-16(24)20-9-13-3-5-15(19)6-4-13)11-17-21-18(22-25-17)14-7-8-26-12-14/h3-8,12H,2,9-11H2,1H3,(H,20,24). The Morgan fingerprint density at radius 2 is 2.12 bits per heavy atom. The van der Waals surface area contributed by atoms with Gasteiger partial charge in [-0.3, -0.25) is 9.69 Å². The summed E-state index contributed by atoms with van der Waals surface area (Å²) in [7, 11) is 0. The minimum Gasteiger partial charge on any atom is -0.351 e. The molecule has 0 spiro atoms. The first-order valence-electron chi connectivity index (χ1n) is 8.22.